The lowest BCUT2D eigenvalue weighted by atomic mass is 9.88. The van der Waals surface area contributed by atoms with Crippen molar-refractivity contribution in [2.75, 3.05) is 19.7 Å². The quantitative estimate of drug-likeness (QED) is 0.772. The molecule has 0 saturated carbocycles. The van der Waals surface area contributed by atoms with E-state index < -0.39 is 0 Å². The van der Waals surface area contributed by atoms with E-state index in [-0.39, 0.29) is 6.04 Å². The molecule has 0 spiro atoms. The predicted molar refractivity (Wildman–Crippen MR) is 79.1 cm³/mol. The number of aliphatic hydroxyl groups is 1. The van der Waals surface area contributed by atoms with E-state index in [4.69, 9.17) is 5.11 Å². The highest BCUT2D eigenvalue weighted by molar-refractivity contribution is 5.84. The summed E-state index contributed by atoms with van der Waals surface area (Å²) in [5.41, 5.74) is 0. The maximum absolute atomic E-state index is 12.4. The first-order valence-corrected chi connectivity index (χ1v) is 7.83. The second kappa shape index (κ2) is 8.01. The molecule has 112 valence electrons. The third-order valence-electron chi connectivity index (χ3n) is 4.15. The highest BCUT2D eigenvalue weighted by Crippen LogP contribution is 2.25. The number of hydrogen-bond donors (Lipinski definition) is 1. The maximum Gasteiger partial charge on any atom is 0.150 e. The molecule has 1 N–H and O–H groups in total. The molecule has 3 heteroatoms. The number of ketones is 1. The smallest absolute Gasteiger partial charge is 0.150 e. The van der Waals surface area contributed by atoms with E-state index in [1.165, 1.54) is 0 Å². The van der Waals surface area contributed by atoms with Crippen LogP contribution in [0.5, 0.6) is 0 Å². The van der Waals surface area contributed by atoms with Gasteiger partial charge in [-0.05, 0) is 50.1 Å². The fourth-order valence-electron chi connectivity index (χ4n) is 3.22. The Bertz CT molecular complexity index is 268. The largest absolute Gasteiger partial charge is 0.396 e. The van der Waals surface area contributed by atoms with Crippen LogP contribution >= 0.6 is 0 Å². The van der Waals surface area contributed by atoms with Gasteiger partial charge in [0, 0.05) is 13.0 Å². The number of likely N-dealkylation sites (tertiary alicyclic amines) is 1. The number of nitrogens with zero attached hydrogens (tertiary/aromatic N) is 1. The second-order valence-corrected chi connectivity index (χ2v) is 6.74. The van der Waals surface area contributed by atoms with E-state index in [0.717, 1.165) is 32.4 Å². The van der Waals surface area contributed by atoms with Crippen molar-refractivity contribution in [1.82, 2.24) is 4.90 Å². The van der Waals surface area contributed by atoms with Crippen LogP contribution in [-0.4, -0.2) is 41.5 Å². The normalized spacial score (nSPS) is 20.2. The lowest BCUT2D eigenvalue weighted by molar-refractivity contribution is -0.127. The highest BCUT2D eigenvalue weighted by Gasteiger charge is 2.31. The number of carbonyl (C=O) groups excluding carboxylic acids is 1. The first kappa shape index (κ1) is 16.6. The van der Waals surface area contributed by atoms with Crippen molar-refractivity contribution in [2.45, 2.75) is 59.4 Å². The molecule has 1 aliphatic rings. The zero-order chi connectivity index (χ0) is 14.4. The van der Waals surface area contributed by atoms with E-state index in [1.54, 1.807) is 0 Å². The minimum absolute atomic E-state index is 0.0949. The molecule has 19 heavy (non-hydrogen) atoms. The van der Waals surface area contributed by atoms with Gasteiger partial charge in [-0.15, -0.1) is 0 Å². The molecule has 1 saturated heterocycles. The standard InChI is InChI=1S/C16H31NO2/c1-12(2)11-15(19)16(13(3)4)17-8-5-14(6-9-17)7-10-18/h12-14,16,18H,5-11H2,1-4H3/t16-/m0/s1. The van der Waals surface area contributed by atoms with E-state index in [2.05, 4.69) is 32.6 Å². The molecule has 0 unspecified atom stereocenters. The summed E-state index contributed by atoms with van der Waals surface area (Å²) < 4.78 is 0. The highest BCUT2D eigenvalue weighted by atomic mass is 16.3. The molecule has 0 radical (unpaired) electrons. The van der Waals surface area contributed by atoms with Crippen molar-refractivity contribution in [3.8, 4) is 0 Å². The van der Waals surface area contributed by atoms with Gasteiger partial charge in [-0.1, -0.05) is 27.7 Å². The topological polar surface area (TPSA) is 40.5 Å². The molecule has 3 nitrogen and oxygen atoms in total. The average molecular weight is 269 g/mol. The van der Waals surface area contributed by atoms with Crippen molar-refractivity contribution < 1.29 is 9.90 Å². The lowest BCUT2D eigenvalue weighted by Gasteiger charge is -2.38. The summed E-state index contributed by atoms with van der Waals surface area (Å²) in [7, 11) is 0. The van der Waals surface area contributed by atoms with Crippen molar-refractivity contribution in [3.05, 3.63) is 0 Å². The third kappa shape index (κ3) is 5.23. The van der Waals surface area contributed by atoms with E-state index in [1.807, 2.05) is 0 Å². The molecule has 0 aromatic carbocycles. The summed E-state index contributed by atoms with van der Waals surface area (Å²) in [4.78, 5) is 14.8. The number of rotatable bonds is 7. The van der Waals surface area contributed by atoms with Gasteiger partial charge >= 0.3 is 0 Å². The average Bonchev–Trinajstić information content (AvgIpc) is 2.30. The number of piperidine rings is 1. The van der Waals surface area contributed by atoms with Crippen LogP contribution in [0.1, 0.15) is 53.4 Å². The molecule has 0 bridgehead atoms. The van der Waals surface area contributed by atoms with Crippen molar-refractivity contribution >= 4 is 5.78 Å². The van der Waals surface area contributed by atoms with Crippen molar-refractivity contribution in [2.24, 2.45) is 17.8 Å². The Morgan fingerprint density at radius 3 is 2.21 bits per heavy atom. The second-order valence-electron chi connectivity index (χ2n) is 6.74. The van der Waals surface area contributed by atoms with Crippen LogP contribution in [0.25, 0.3) is 0 Å². The minimum Gasteiger partial charge on any atom is -0.396 e. The van der Waals surface area contributed by atoms with Gasteiger partial charge in [-0.2, -0.15) is 0 Å². The Hall–Kier alpha value is -0.410. The Labute approximate surface area is 118 Å². The minimum atomic E-state index is 0.0949. The first-order valence-electron chi connectivity index (χ1n) is 7.83. The number of Topliss-reactive ketones (excluding diaryl/α,β-unsaturated/α-hetero) is 1. The van der Waals surface area contributed by atoms with Crippen molar-refractivity contribution in [1.29, 1.82) is 0 Å². The fraction of sp³-hybridized carbons (Fsp3) is 0.938. The van der Waals surface area contributed by atoms with E-state index in [9.17, 15) is 4.79 Å². The van der Waals surface area contributed by atoms with Gasteiger partial charge in [0.15, 0.2) is 0 Å². The van der Waals surface area contributed by atoms with Crippen molar-refractivity contribution in [3.63, 3.8) is 0 Å². The zero-order valence-corrected chi connectivity index (χ0v) is 13.1. The molecule has 0 aromatic rings. The Morgan fingerprint density at radius 1 is 1.21 bits per heavy atom. The molecule has 1 rings (SSSR count). The Balaban J connectivity index is 2.56. The van der Waals surface area contributed by atoms with Gasteiger partial charge in [0.25, 0.3) is 0 Å². The summed E-state index contributed by atoms with van der Waals surface area (Å²) in [6.07, 6.45) is 3.86. The molecular formula is C16H31NO2. The van der Waals surface area contributed by atoms with Crippen LogP contribution in [-0.2, 0) is 4.79 Å². The number of hydrogen-bond acceptors (Lipinski definition) is 3. The van der Waals surface area contributed by atoms with E-state index >= 15 is 0 Å². The Kier molecular flexibility index (Phi) is 7.01. The van der Waals surface area contributed by atoms with Crippen LogP contribution in [0.15, 0.2) is 0 Å². The van der Waals surface area contributed by atoms with Gasteiger partial charge in [0.1, 0.15) is 5.78 Å². The van der Waals surface area contributed by atoms with Crippen LogP contribution in [0, 0.1) is 17.8 Å². The van der Waals surface area contributed by atoms with Gasteiger partial charge in [0.05, 0.1) is 6.04 Å². The van der Waals surface area contributed by atoms with Crippen LogP contribution < -0.4 is 0 Å². The molecule has 0 aromatic heterocycles. The van der Waals surface area contributed by atoms with E-state index in [0.29, 0.717) is 36.6 Å². The summed E-state index contributed by atoms with van der Waals surface area (Å²) >= 11 is 0. The maximum atomic E-state index is 12.4. The van der Waals surface area contributed by atoms with Crippen LogP contribution in [0.3, 0.4) is 0 Å². The summed E-state index contributed by atoms with van der Waals surface area (Å²) in [5, 5.41) is 9.00. The monoisotopic (exact) mass is 269 g/mol. The lowest BCUT2D eigenvalue weighted by Crippen LogP contribution is -2.48. The third-order valence-corrected chi connectivity index (χ3v) is 4.15. The van der Waals surface area contributed by atoms with Crippen LogP contribution in [0.2, 0.25) is 0 Å². The molecule has 0 amide bonds. The molecule has 1 aliphatic heterocycles. The molecule has 1 fully saturated rings. The number of aliphatic hydroxyl groups excluding tert-OH is 1. The zero-order valence-electron chi connectivity index (χ0n) is 13.1. The van der Waals surface area contributed by atoms with Crippen LogP contribution in [0.4, 0.5) is 0 Å². The molecule has 0 aliphatic carbocycles. The molecule has 1 heterocycles. The molecule has 1 atom stereocenters. The van der Waals surface area contributed by atoms with Gasteiger partial charge in [-0.3, -0.25) is 9.69 Å². The predicted octanol–water partition coefficient (Wildman–Crippen LogP) is 2.72. The molecular weight excluding hydrogens is 238 g/mol. The summed E-state index contributed by atoms with van der Waals surface area (Å²) in [5.74, 6) is 1.89. The number of carbonyl (C=O) groups is 1. The summed E-state index contributed by atoms with van der Waals surface area (Å²) in [6.45, 7) is 10.9. The first-order chi connectivity index (χ1) is 8.95. The summed E-state index contributed by atoms with van der Waals surface area (Å²) in [6, 6.07) is 0.0949. The Morgan fingerprint density at radius 2 is 1.79 bits per heavy atom. The van der Waals surface area contributed by atoms with Gasteiger partial charge in [-0.25, -0.2) is 0 Å². The SMILES string of the molecule is CC(C)CC(=O)[C@H](C(C)C)N1CCC(CCO)CC1. The van der Waals surface area contributed by atoms with Gasteiger partial charge in [0.2, 0.25) is 0 Å². The van der Waals surface area contributed by atoms with Gasteiger partial charge < -0.3 is 5.11 Å². The fourth-order valence-corrected chi connectivity index (χ4v) is 3.22.